The molecule has 1 aromatic rings. The quantitative estimate of drug-likeness (QED) is 0.352. The highest BCUT2D eigenvalue weighted by atomic mass is 16.5. The van der Waals surface area contributed by atoms with Crippen LogP contribution in [0.3, 0.4) is 0 Å². The van der Waals surface area contributed by atoms with Gasteiger partial charge in [0.2, 0.25) is 0 Å². The molecule has 1 aromatic heterocycles. The minimum absolute atomic E-state index is 0.798. The molecule has 0 aromatic carbocycles. The van der Waals surface area contributed by atoms with E-state index in [1.54, 1.807) is 0 Å². The van der Waals surface area contributed by atoms with Gasteiger partial charge < -0.3 is 19.9 Å². The van der Waals surface area contributed by atoms with Gasteiger partial charge in [-0.1, -0.05) is 0 Å². The molecule has 0 aliphatic rings. The molecule has 0 aliphatic heterocycles. The molecule has 0 bridgehead atoms. The van der Waals surface area contributed by atoms with Crippen LogP contribution in [0.5, 0.6) is 0 Å². The molecule has 2 N–H and O–H groups in total. The molecule has 1 heterocycles. The second-order valence-corrected chi connectivity index (χ2v) is 5.47. The van der Waals surface area contributed by atoms with Gasteiger partial charge in [-0.15, -0.1) is 0 Å². The molecular weight excluding hydrogens is 290 g/mol. The minimum Gasteiger partial charge on any atom is -0.382 e. The first-order valence-corrected chi connectivity index (χ1v) is 8.85. The third kappa shape index (κ3) is 9.23. The van der Waals surface area contributed by atoms with E-state index in [-0.39, 0.29) is 0 Å². The number of aliphatic imine (C=N–C) groups is 1. The maximum Gasteiger partial charge on any atom is 0.191 e. The number of nitrogens with one attached hydrogen (secondary N) is 2. The van der Waals surface area contributed by atoms with E-state index in [2.05, 4.69) is 32.1 Å². The number of unbranched alkanes of at least 4 members (excludes halogenated alkanes) is 2. The maximum atomic E-state index is 5.33. The van der Waals surface area contributed by atoms with Crippen molar-refractivity contribution in [3.8, 4) is 0 Å². The second kappa shape index (κ2) is 12.9. The Kier molecular flexibility index (Phi) is 11.0. The molecule has 0 fully saturated rings. The Morgan fingerprint density at radius 2 is 2.09 bits per heavy atom. The number of ether oxygens (including phenoxy) is 1. The lowest BCUT2D eigenvalue weighted by Crippen LogP contribution is -2.37. The highest BCUT2D eigenvalue weighted by Crippen LogP contribution is 1.99. The van der Waals surface area contributed by atoms with E-state index in [0.29, 0.717) is 0 Å². The van der Waals surface area contributed by atoms with E-state index in [1.165, 1.54) is 0 Å². The van der Waals surface area contributed by atoms with Crippen LogP contribution in [-0.4, -0.2) is 48.4 Å². The topological polar surface area (TPSA) is 63.5 Å². The third-order valence-electron chi connectivity index (χ3n) is 3.56. The van der Waals surface area contributed by atoms with Gasteiger partial charge in [-0.25, -0.2) is 4.98 Å². The smallest absolute Gasteiger partial charge is 0.191 e. The first-order chi connectivity index (χ1) is 11.3. The summed E-state index contributed by atoms with van der Waals surface area (Å²) in [6, 6.07) is 0. The predicted molar refractivity (Wildman–Crippen MR) is 95.9 cm³/mol. The average molecular weight is 323 g/mol. The summed E-state index contributed by atoms with van der Waals surface area (Å²) in [4.78, 5) is 8.83. The van der Waals surface area contributed by atoms with Crippen molar-refractivity contribution in [3.63, 3.8) is 0 Å². The number of rotatable bonds is 12. The molecule has 6 heteroatoms. The molecule has 0 atom stereocenters. The van der Waals surface area contributed by atoms with Crippen molar-refractivity contribution < 1.29 is 4.74 Å². The van der Waals surface area contributed by atoms with Gasteiger partial charge in [0.1, 0.15) is 5.82 Å². The van der Waals surface area contributed by atoms with Crippen LogP contribution in [0.15, 0.2) is 17.4 Å². The number of imidazole rings is 1. The van der Waals surface area contributed by atoms with Crippen LogP contribution in [0.2, 0.25) is 0 Å². The summed E-state index contributed by atoms with van der Waals surface area (Å²) in [5, 5.41) is 6.69. The zero-order chi connectivity index (χ0) is 16.8. The van der Waals surface area contributed by atoms with Crippen LogP contribution >= 0.6 is 0 Å². The number of guanidine groups is 1. The van der Waals surface area contributed by atoms with E-state index >= 15 is 0 Å². The van der Waals surface area contributed by atoms with E-state index in [1.807, 2.05) is 26.2 Å². The number of aryl methyl sites for hydroxylation is 2. The van der Waals surface area contributed by atoms with Crippen molar-refractivity contribution in [1.82, 2.24) is 20.2 Å². The van der Waals surface area contributed by atoms with Gasteiger partial charge in [0.05, 0.1) is 0 Å². The minimum atomic E-state index is 0.798. The van der Waals surface area contributed by atoms with Gasteiger partial charge in [0.15, 0.2) is 5.96 Å². The largest absolute Gasteiger partial charge is 0.382 e. The van der Waals surface area contributed by atoms with Crippen molar-refractivity contribution in [3.05, 3.63) is 18.2 Å². The SMILES string of the molecule is CCNC(=NCCCCOCC)NCCCCn1ccnc1C. The van der Waals surface area contributed by atoms with Crippen molar-refractivity contribution >= 4 is 5.96 Å². The third-order valence-corrected chi connectivity index (χ3v) is 3.56. The van der Waals surface area contributed by atoms with Crippen LogP contribution in [0.1, 0.15) is 45.4 Å². The Bertz CT molecular complexity index is 430. The second-order valence-electron chi connectivity index (χ2n) is 5.47. The Labute approximate surface area is 140 Å². The molecule has 0 radical (unpaired) electrons. The Morgan fingerprint density at radius 3 is 2.78 bits per heavy atom. The van der Waals surface area contributed by atoms with Gasteiger partial charge in [-0.3, -0.25) is 4.99 Å². The van der Waals surface area contributed by atoms with Gasteiger partial charge in [0, 0.05) is 51.8 Å². The lowest BCUT2D eigenvalue weighted by atomic mass is 10.3. The van der Waals surface area contributed by atoms with Crippen molar-refractivity contribution in [1.29, 1.82) is 0 Å². The summed E-state index contributed by atoms with van der Waals surface area (Å²) in [7, 11) is 0. The van der Waals surface area contributed by atoms with Crippen molar-refractivity contribution in [2.75, 3.05) is 32.8 Å². The summed E-state index contributed by atoms with van der Waals surface area (Å²) < 4.78 is 7.52. The zero-order valence-electron chi connectivity index (χ0n) is 15.0. The van der Waals surface area contributed by atoms with Crippen molar-refractivity contribution in [2.24, 2.45) is 4.99 Å². The molecule has 0 unspecified atom stereocenters. The van der Waals surface area contributed by atoms with Gasteiger partial charge in [0.25, 0.3) is 0 Å². The summed E-state index contributed by atoms with van der Waals surface area (Å²) in [6.45, 7) is 11.5. The number of hydrogen-bond acceptors (Lipinski definition) is 3. The standard InChI is InChI=1S/C17H33N5O/c1-4-18-17(21-11-7-9-15-23-5-2)20-10-6-8-13-22-14-12-19-16(22)3/h12,14H,4-11,13,15H2,1-3H3,(H2,18,20,21). The van der Waals surface area contributed by atoms with E-state index in [9.17, 15) is 0 Å². The van der Waals surface area contributed by atoms with E-state index < -0.39 is 0 Å². The molecule has 0 spiro atoms. The average Bonchev–Trinajstić information content (AvgIpc) is 2.95. The lowest BCUT2D eigenvalue weighted by Gasteiger charge is -2.11. The first kappa shape index (κ1) is 19.5. The Morgan fingerprint density at radius 1 is 1.22 bits per heavy atom. The molecule has 1 rings (SSSR count). The monoisotopic (exact) mass is 323 g/mol. The van der Waals surface area contributed by atoms with Gasteiger partial charge in [-0.2, -0.15) is 0 Å². The molecule has 132 valence electrons. The molecule has 0 aliphatic carbocycles. The van der Waals surface area contributed by atoms with Crippen LogP contribution in [0.4, 0.5) is 0 Å². The molecular formula is C17H33N5O. The van der Waals surface area contributed by atoms with E-state index in [4.69, 9.17) is 4.74 Å². The van der Waals surface area contributed by atoms with Crippen LogP contribution < -0.4 is 10.6 Å². The van der Waals surface area contributed by atoms with Crippen LogP contribution in [-0.2, 0) is 11.3 Å². The summed E-state index contributed by atoms with van der Waals surface area (Å²) in [6.07, 6.45) is 8.29. The van der Waals surface area contributed by atoms with Crippen LogP contribution in [0, 0.1) is 6.92 Å². The highest BCUT2D eigenvalue weighted by molar-refractivity contribution is 5.79. The summed E-state index contributed by atoms with van der Waals surface area (Å²) in [5.41, 5.74) is 0. The zero-order valence-corrected chi connectivity index (χ0v) is 15.0. The maximum absolute atomic E-state index is 5.33. The Hall–Kier alpha value is -1.56. The summed E-state index contributed by atoms with van der Waals surface area (Å²) >= 11 is 0. The molecule has 6 nitrogen and oxygen atoms in total. The lowest BCUT2D eigenvalue weighted by molar-refractivity contribution is 0.144. The Balaban J connectivity index is 2.13. The van der Waals surface area contributed by atoms with Crippen LogP contribution in [0.25, 0.3) is 0 Å². The summed E-state index contributed by atoms with van der Waals surface area (Å²) in [5.74, 6) is 2.00. The highest BCUT2D eigenvalue weighted by Gasteiger charge is 1.98. The number of aromatic nitrogens is 2. The van der Waals surface area contributed by atoms with E-state index in [0.717, 1.165) is 76.9 Å². The fraction of sp³-hybridized carbons (Fsp3) is 0.765. The van der Waals surface area contributed by atoms with Gasteiger partial charge in [-0.05, 0) is 46.5 Å². The number of hydrogen-bond donors (Lipinski definition) is 2. The van der Waals surface area contributed by atoms with Gasteiger partial charge >= 0.3 is 0 Å². The molecule has 0 saturated carbocycles. The molecule has 23 heavy (non-hydrogen) atoms. The number of nitrogens with zero attached hydrogens (tertiary/aromatic N) is 3. The molecule has 0 saturated heterocycles. The normalized spacial score (nSPS) is 11.7. The predicted octanol–water partition coefficient (Wildman–Crippen LogP) is 2.34. The fourth-order valence-corrected chi connectivity index (χ4v) is 2.25. The van der Waals surface area contributed by atoms with Crippen molar-refractivity contribution in [2.45, 2.75) is 53.0 Å². The fourth-order valence-electron chi connectivity index (χ4n) is 2.25. The first-order valence-electron chi connectivity index (χ1n) is 8.85. The molecule has 0 amide bonds.